The minimum Gasteiger partial charge on any atom is -0.457 e. The number of pyridine rings is 1. The fourth-order valence-corrected chi connectivity index (χ4v) is 5.91. The van der Waals surface area contributed by atoms with E-state index in [4.69, 9.17) is 18.9 Å². The van der Waals surface area contributed by atoms with Crippen LogP contribution in [0.3, 0.4) is 0 Å². The maximum Gasteiger partial charge on any atom is 0.309 e. The lowest BCUT2D eigenvalue weighted by atomic mass is 9.88. The summed E-state index contributed by atoms with van der Waals surface area (Å²) in [7, 11) is 0. The van der Waals surface area contributed by atoms with Crippen molar-refractivity contribution in [2.45, 2.75) is 129 Å². The standard InChI is InChI=1S/C36H53NO8/c1-8-30(42-22-28-13-10-18-37-21-28)26(5)35-31(44-35)19-23(2)11-9-12-24(3)34-25(4)14-15-32(43-27(6)38)36(7,41)17-16-29(39)20-33(40)45-34/h9-15,18,21,23,25-26,29-32,34-35,39,41H,8,16-17,19-20,22H2,1-7H3. The van der Waals surface area contributed by atoms with Crippen LogP contribution in [0, 0.1) is 17.8 Å². The van der Waals surface area contributed by atoms with Crippen LogP contribution in [0.1, 0.15) is 86.1 Å². The predicted octanol–water partition coefficient (Wildman–Crippen LogP) is 5.64. The summed E-state index contributed by atoms with van der Waals surface area (Å²) >= 11 is 0. The molecule has 2 aliphatic rings. The van der Waals surface area contributed by atoms with Crippen molar-refractivity contribution < 1.29 is 38.7 Å². The summed E-state index contributed by atoms with van der Waals surface area (Å²) in [5, 5.41) is 21.4. The maximum atomic E-state index is 12.7. The van der Waals surface area contributed by atoms with Gasteiger partial charge >= 0.3 is 11.9 Å². The summed E-state index contributed by atoms with van der Waals surface area (Å²) in [6, 6.07) is 3.94. The number of carbonyl (C=O) groups is 2. The monoisotopic (exact) mass is 627 g/mol. The molecule has 9 nitrogen and oxygen atoms in total. The van der Waals surface area contributed by atoms with E-state index in [1.165, 1.54) is 6.92 Å². The molecule has 0 aliphatic carbocycles. The molecule has 1 aromatic rings. The van der Waals surface area contributed by atoms with Gasteiger partial charge in [0.2, 0.25) is 0 Å². The molecule has 9 heteroatoms. The van der Waals surface area contributed by atoms with Crippen molar-refractivity contribution >= 4 is 11.9 Å². The first-order valence-electron chi connectivity index (χ1n) is 16.3. The summed E-state index contributed by atoms with van der Waals surface area (Å²) < 4.78 is 23.5. The third kappa shape index (κ3) is 11.8. The molecule has 0 radical (unpaired) electrons. The van der Waals surface area contributed by atoms with E-state index in [9.17, 15) is 19.8 Å². The predicted molar refractivity (Wildman–Crippen MR) is 172 cm³/mol. The lowest BCUT2D eigenvalue weighted by Crippen LogP contribution is -2.42. The smallest absolute Gasteiger partial charge is 0.309 e. The van der Waals surface area contributed by atoms with Gasteiger partial charge in [-0.25, -0.2) is 0 Å². The molecule has 250 valence electrons. The van der Waals surface area contributed by atoms with Crippen molar-refractivity contribution in [2.75, 3.05) is 0 Å². The molecular weight excluding hydrogens is 574 g/mol. The highest BCUT2D eigenvalue weighted by Crippen LogP contribution is 2.37. The average molecular weight is 628 g/mol. The van der Waals surface area contributed by atoms with Crippen LogP contribution in [0.15, 0.2) is 60.5 Å². The summed E-state index contributed by atoms with van der Waals surface area (Å²) in [5.41, 5.74) is 0.488. The third-order valence-electron chi connectivity index (χ3n) is 8.78. The van der Waals surface area contributed by atoms with Crippen LogP contribution < -0.4 is 0 Å². The van der Waals surface area contributed by atoms with E-state index in [0.29, 0.717) is 6.61 Å². The van der Waals surface area contributed by atoms with Crippen molar-refractivity contribution in [2.24, 2.45) is 17.8 Å². The molecule has 0 spiro atoms. The highest BCUT2D eigenvalue weighted by Gasteiger charge is 2.45. The van der Waals surface area contributed by atoms with Crippen molar-refractivity contribution in [1.82, 2.24) is 4.98 Å². The Bertz CT molecular complexity index is 1180. The van der Waals surface area contributed by atoms with Gasteiger partial charge in [0.25, 0.3) is 0 Å². The molecule has 1 fully saturated rings. The van der Waals surface area contributed by atoms with Gasteiger partial charge in [0.1, 0.15) is 17.8 Å². The Balaban J connectivity index is 1.60. The number of aliphatic hydroxyl groups is 2. The largest absolute Gasteiger partial charge is 0.457 e. The van der Waals surface area contributed by atoms with Crippen LogP contribution in [0.5, 0.6) is 0 Å². The van der Waals surface area contributed by atoms with Crippen molar-refractivity contribution in [3.63, 3.8) is 0 Å². The minimum atomic E-state index is -1.41. The zero-order chi connectivity index (χ0) is 33.1. The molecular formula is C36H53NO8. The number of esters is 2. The second-order valence-corrected chi connectivity index (χ2v) is 13.1. The minimum absolute atomic E-state index is 0.109. The van der Waals surface area contributed by atoms with Crippen LogP contribution >= 0.6 is 0 Å². The highest BCUT2D eigenvalue weighted by atomic mass is 16.6. The zero-order valence-electron chi connectivity index (χ0n) is 27.9. The summed E-state index contributed by atoms with van der Waals surface area (Å²) in [6.07, 6.45) is 13.0. The fourth-order valence-electron chi connectivity index (χ4n) is 5.91. The van der Waals surface area contributed by atoms with Gasteiger partial charge < -0.3 is 29.2 Å². The van der Waals surface area contributed by atoms with Crippen LogP contribution in [0.2, 0.25) is 0 Å². The highest BCUT2D eigenvalue weighted by molar-refractivity contribution is 5.70. The van der Waals surface area contributed by atoms with Crippen LogP contribution in [-0.4, -0.2) is 69.4 Å². The van der Waals surface area contributed by atoms with Gasteiger partial charge in [0.05, 0.1) is 37.4 Å². The number of aromatic nitrogens is 1. The van der Waals surface area contributed by atoms with Crippen LogP contribution in [0.4, 0.5) is 0 Å². The number of allylic oxidation sites excluding steroid dienone is 3. The van der Waals surface area contributed by atoms with Crippen LogP contribution in [0.25, 0.3) is 0 Å². The first kappa shape index (κ1) is 36.6. The maximum absolute atomic E-state index is 12.7. The van der Waals surface area contributed by atoms with E-state index in [1.807, 2.05) is 44.3 Å². The normalized spacial score (nSPS) is 31.8. The topological polar surface area (TPSA) is 128 Å². The molecule has 45 heavy (non-hydrogen) atoms. The number of aliphatic hydroxyl groups excluding tert-OH is 1. The first-order chi connectivity index (χ1) is 21.3. The number of carbonyl (C=O) groups excluding carboxylic acids is 2. The Morgan fingerprint density at radius 2 is 2.02 bits per heavy atom. The van der Waals surface area contributed by atoms with Gasteiger partial charge in [-0.2, -0.15) is 0 Å². The molecule has 0 bridgehead atoms. The fraction of sp³-hybridized carbons (Fsp3) is 0.639. The molecule has 3 heterocycles. The van der Waals surface area contributed by atoms with Crippen molar-refractivity contribution in [3.8, 4) is 0 Å². The van der Waals surface area contributed by atoms with E-state index < -0.39 is 35.9 Å². The second-order valence-electron chi connectivity index (χ2n) is 13.1. The van der Waals surface area contributed by atoms with Gasteiger partial charge in [-0.1, -0.05) is 58.1 Å². The van der Waals surface area contributed by atoms with Gasteiger partial charge in [-0.05, 0) is 68.7 Å². The number of hydrogen-bond acceptors (Lipinski definition) is 9. The zero-order valence-corrected chi connectivity index (χ0v) is 27.9. The van der Waals surface area contributed by atoms with Crippen LogP contribution in [-0.2, 0) is 35.1 Å². The van der Waals surface area contributed by atoms with E-state index in [1.54, 1.807) is 25.3 Å². The number of ether oxygens (including phenoxy) is 4. The van der Waals surface area contributed by atoms with Crippen molar-refractivity contribution in [3.05, 3.63) is 66.0 Å². The number of hydrogen-bond donors (Lipinski definition) is 2. The molecule has 1 aromatic heterocycles. The lowest BCUT2D eigenvalue weighted by molar-refractivity contribution is -0.157. The first-order valence-corrected chi connectivity index (χ1v) is 16.3. The Morgan fingerprint density at radius 1 is 1.27 bits per heavy atom. The number of epoxide rings is 1. The summed E-state index contributed by atoms with van der Waals surface area (Å²) in [4.78, 5) is 28.6. The third-order valence-corrected chi connectivity index (χ3v) is 8.78. The van der Waals surface area contributed by atoms with E-state index >= 15 is 0 Å². The van der Waals surface area contributed by atoms with Crippen molar-refractivity contribution in [1.29, 1.82) is 0 Å². The second kappa shape index (κ2) is 17.2. The molecule has 2 aliphatic heterocycles. The molecule has 10 unspecified atom stereocenters. The average Bonchev–Trinajstić information content (AvgIpc) is 3.75. The van der Waals surface area contributed by atoms with Gasteiger partial charge in [-0.15, -0.1) is 0 Å². The van der Waals surface area contributed by atoms with E-state index in [2.05, 4.69) is 31.8 Å². The molecule has 0 amide bonds. The molecule has 10 atom stereocenters. The quantitative estimate of drug-likeness (QED) is 0.131. The Hall–Kier alpha value is -2.85. The molecule has 3 rings (SSSR count). The van der Waals surface area contributed by atoms with E-state index in [-0.39, 0.29) is 55.3 Å². The summed E-state index contributed by atoms with van der Waals surface area (Å²) in [6.45, 7) is 13.7. The molecule has 2 N–H and O–H groups in total. The van der Waals surface area contributed by atoms with E-state index in [0.717, 1.165) is 24.0 Å². The number of nitrogens with zero attached hydrogens (tertiary/aromatic N) is 1. The Labute approximate surface area is 268 Å². The van der Waals surface area contributed by atoms with Gasteiger partial charge in [0, 0.05) is 31.2 Å². The molecule has 0 saturated carbocycles. The molecule has 0 aromatic carbocycles. The number of rotatable bonds is 12. The Morgan fingerprint density at radius 3 is 2.69 bits per heavy atom. The van der Waals surface area contributed by atoms with Gasteiger partial charge in [0.15, 0.2) is 0 Å². The summed E-state index contributed by atoms with van der Waals surface area (Å²) in [5.74, 6) is -0.750. The van der Waals surface area contributed by atoms with Gasteiger partial charge in [-0.3, -0.25) is 14.6 Å². The Kier molecular flexibility index (Phi) is 14.0. The number of cyclic esters (lactones) is 1. The SMILES string of the molecule is CCC(OCc1cccnc1)C(C)C1OC1CC(C)C=CC=C(C)C1OC(=O)CC(O)CCC(C)(O)C(OC(C)=O)C=CC1C. The molecule has 1 saturated heterocycles. The lowest BCUT2D eigenvalue weighted by Gasteiger charge is -2.32.